The maximum atomic E-state index is 5.07. The third-order valence-electron chi connectivity index (χ3n) is 4.01. The molecular formula is C17H25N5O. The first kappa shape index (κ1) is 16.0. The highest BCUT2D eigenvalue weighted by molar-refractivity contribution is 6.00. The summed E-state index contributed by atoms with van der Waals surface area (Å²) in [6, 6.07) is 1.98. The van der Waals surface area contributed by atoms with Crippen LogP contribution in [-0.2, 0) is 4.74 Å². The fourth-order valence-electron chi connectivity index (χ4n) is 2.72. The molecule has 0 spiro atoms. The molecule has 5 rings (SSSR count). The number of aromatic amines is 2. The van der Waals surface area contributed by atoms with E-state index in [-0.39, 0.29) is 0 Å². The van der Waals surface area contributed by atoms with Crippen molar-refractivity contribution in [1.29, 1.82) is 0 Å². The van der Waals surface area contributed by atoms with Crippen molar-refractivity contribution in [3.05, 3.63) is 24.8 Å². The number of hydrogen-bond acceptors (Lipinski definition) is 4. The zero-order chi connectivity index (χ0) is 15.7. The van der Waals surface area contributed by atoms with Gasteiger partial charge >= 0.3 is 0 Å². The van der Waals surface area contributed by atoms with Gasteiger partial charge in [0, 0.05) is 24.8 Å². The lowest BCUT2D eigenvalue weighted by molar-refractivity contribution is 0.0968. The SMILES string of the molecule is C1CCNC1.C1CCOCC1.c1nc2c(cnc3[nH]ccc32)[nH]1. The Morgan fingerprint density at radius 2 is 1.74 bits per heavy atom. The van der Waals surface area contributed by atoms with Crippen molar-refractivity contribution >= 4 is 22.1 Å². The van der Waals surface area contributed by atoms with Crippen LogP contribution in [0.1, 0.15) is 32.1 Å². The smallest absolute Gasteiger partial charge is 0.139 e. The van der Waals surface area contributed by atoms with Gasteiger partial charge in [-0.1, -0.05) is 0 Å². The summed E-state index contributed by atoms with van der Waals surface area (Å²) in [6.45, 7) is 4.50. The molecule has 2 fully saturated rings. The molecule has 2 aliphatic rings. The first-order valence-corrected chi connectivity index (χ1v) is 8.49. The monoisotopic (exact) mass is 315 g/mol. The molecule has 23 heavy (non-hydrogen) atoms. The molecule has 0 aromatic carbocycles. The minimum Gasteiger partial charge on any atom is -0.381 e. The summed E-state index contributed by atoms with van der Waals surface area (Å²) in [6.07, 6.45) is 12.0. The van der Waals surface area contributed by atoms with Crippen LogP contribution in [-0.4, -0.2) is 46.2 Å². The van der Waals surface area contributed by atoms with Gasteiger partial charge in [-0.05, 0) is 51.3 Å². The summed E-state index contributed by atoms with van der Waals surface area (Å²) in [5, 5.41) is 4.29. The van der Waals surface area contributed by atoms with E-state index in [1.54, 1.807) is 12.5 Å². The fourth-order valence-corrected chi connectivity index (χ4v) is 2.72. The number of pyridine rings is 1. The molecule has 3 aromatic heterocycles. The molecule has 0 unspecified atom stereocenters. The second-order valence-electron chi connectivity index (χ2n) is 5.79. The minimum atomic E-state index is 0.884. The zero-order valence-corrected chi connectivity index (χ0v) is 13.5. The number of aromatic nitrogens is 4. The van der Waals surface area contributed by atoms with Crippen LogP contribution in [0.5, 0.6) is 0 Å². The van der Waals surface area contributed by atoms with E-state index in [1.165, 1.54) is 45.2 Å². The highest BCUT2D eigenvalue weighted by Crippen LogP contribution is 2.18. The first-order chi connectivity index (χ1) is 11.4. The molecule has 0 saturated carbocycles. The lowest BCUT2D eigenvalue weighted by Gasteiger charge is -2.08. The van der Waals surface area contributed by atoms with Crippen molar-refractivity contribution in [1.82, 2.24) is 25.3 Å². The van der Waals surface area contributed by atoms with Gasteiger partial charge in [0.1, 0.15) is 11.2 Å². The molecule has 3 aromatic rings. The lowest BCUT2D eigenvalue weighted by atomic mass is 10.2. The average Bonchev–Trinajstić information content (AvgIpc) is 3.37. The summed E-state index contributed by atoms with van der Waals surface area (Å²) in [5.74, 6) is 0. The van der Waals surface area contributed by atoms with Gasteiger partial charge in [0.25, 0.3) is 0 Å². The van der Waals surface area contributed by atoms with Gasteiger partial charge in [-0.2, -0.15) is 0 Å². The van der Waals surface area contributed by atoms with Gasteiger partial charge in [0.05, 0.1) is 18.0 Å². The quantitative estimate of drug-likeness (QED) is 0.596. The highest BCUT2D eigenvalue weighted by Gasteiger charge is 2.02. The van der Waals surface area contributed by atoms with E-state index in [9.17, 15) is 0 Å². The summed E-state index contributed by atoms with van der Waals surface area (Å²) < 4.78 is 5.07. The summed E-state index contributed by atoms with van der Waals surface area (Å²) in [4.78, 5) is 14.5. The molecule has 0 atom stereocenters. The number of ether oxygens (including phenoxy) is 1. The molecule has 3 N–H and O–H groups in total. The Kier molecular flexibility index (Phi) is 6.00. The van der Waals surface area contributed by atoms with Crippen LogP contribution in [0.25, 0.3) is 22.1 Å². The molecule has 6 heteroatoms. The van der Waals surface area contributed by atoms with Crippen molar-refractivity contribution in [2.75, 3.05) is 26.3 Å². The van der Waals surface area contributed by atoms with Gasteiger partial charge in [-0.25, -0.2) is 9.97 Å². The summed E-state index contributed by atoms with van der Waals surface area (Å²) in [7, 11) is 0. The number of nitrogens with one attached hydrogen (secondary N) is 3. The van der Waals surface area contributed by atoms with Gasteiger partial charge in [-0.3, -0.25) is 0 Å². The number of nitrogens with zero attached hydrogens (tertiary/aromatic N) is 2. The van der Waals surface area contributed by atoms with Crippen molar-refractivity contribution in [3.8, 4) is 0 Å². The van der Waals surface area contributed by atoms with E-state index in [1.807, 2.05) is 12.3 Å². The third-order valence-corrected chi connectivity index (χ3v) is 4.01. The number of fused-ring (bicyclic) bond motifs is 3. The Morgan fingerprint density at radius 3 is 2.35 bits per heavy atom. The van der Waals surface area contributed by atoms with E-state index >= 15 is 0 Å². The third kappa shape index (κ3) is 4.53. The Balaban J connectivity index is 0.000000119. The van der Waals surface area contributed by atoms with E-state index < -0.39 is 0 Å². The zero-order valence-electron chi connectivity index (χ0n) is 13.5. The largest absolute Gasteiger partial charge is 0.381 e. The molecule has 2 saturated heterocycles. The predicted molar refractivity (Wildman–Crippen MR) is 92.5 cm³/mol. The molecule has 5 heterocycles. The van der Waals surface area contributed by atoms with Crippen molar-refractivity contribution < 1.29 is 4.74 Å². The van der Waals surface area contributed by atoms with Gasteiger partial charge in [0.2, 0.25) is 0 Å². The van der Waals surface area contributed by atoms with Crippen LogP contribution >= 0.6 is 0 Å². The molecular weight excluding hydrogens is 290 g/mol. The van der Waals surface area contributed by atoms with Crippen LogP contribution in [0.4, 0.5) is 0 Å². The van der Waals surface area contributed by atoms with Gasteiger partial charge in [0.15, 0.2) is 0 Å². The van der Waals surface area contributed by atoms with Crippen molar-refractivity contribution in [2.24, 2.45) is 0 Å². The molecule has 0 amide bonds. The Bertz CT molecular complexity index is 628. The van der Waals surface area contributed by atoms with Crippen LogP contribution in [0.15, 0.2) is 24.8 Å². The molecule has 124 valence electrons. The van der Waals surface area contributed by atoms with E-state index in [0.29, 0.717) is 0 Å². The van der Waals surface area contributed by atoms with Crippen LogP contribution in [0.2, 0.25) is 0 Å². The summed E-state index contributed by atoms with van der Waals surface area (Å²) >= 11 is 0. The molecule has 0 radical (unpaired) electrons. The van der Waals surface area contributed by atoms with Crippen molar-refractivity contribution in [2.45, 2.75) is 32.1 Å². The standard InChI is InChI=1S/C8H6N4.C5H10O.C4H9N/c1-2-9-8-5(1)7-6(3-10-8)11-4-12-7;1-2-4-6-5-3-1;1-2-4-5-3-1/h1-4H,(H,9,10)(H,11,12);1-5H2;5H,1-4H2. The highest BCUT2D eigenvalue weighted by atomic mass is 16.5. The topological polar surface area (TPSA) is 78.6 Å². The Morgan fingerprint density at radius 1 is 0.913 bits per heavy atom. The van der Waals surface area contributed by atoms with Gasteiger partial charge in [-0.15, -0.1) is 0 Å². The molecule has 0 bridgehead atoms. The Hall–Kier alpha value is -1.92. The number of imidazole rings is 1. The maximum absolute atomic E-state index is 5.07. The first-order valence-electron chi connectivity index (χ1n) is 8.49. The second-order valence-corrected chi connectivity index (χ2v) is 5.79. The maximum Gasteiger partial charge on any atom is 0.139 e. The van der Waals surface area contributed by atoms with Crippen LogP contribution in [0.3, 0.4) is 0 Å². The van der Waals surface area contributed by atoms with Crippen LogP contribution in [0, 0.1) is 0 Å². The average molecular weight is 315 g/mol. The normalized spacial score (nSPS) is 17.4. The number of hydrogen-bond donors (Lipinski definition) is 3. The fraction of sp³-hybridized carbons (Fsp3) is 0.529. The van der Waals surface area contributed by atoms with E-state index in [2.05, 4.69) is 25.3 Å². The second kappa shape index (κ2) is 8.64. The lowest BCUT2D eigenvalue weighted by Crippen LogP contribution is -2.03. The molecule has 2 aliphatic heterocycles. The molecule has 0 aliphatic carbocycles. The van der Waals surface area contributed by atoms with Crippen LogP contribution < -0.4 is 5.32 Å². The minimum absolute atomic E-state index is 0.884. The van der Waals surface area contributed by atoms with E-state index in [0.717, 1.165) is 35.3 Å². The van der Waals surface area contributed by atoms with Gasteiger partial charge < -0.3 is 20.0 Å². The summed E-state index contributed by atoms with van der Waals surface area (Å²) in [5.41, 5.74) is 2.83. The number of H-pyrrole nitrogens is 2. The molecule has 6 nitrogen and oxygen atoms in total. The Labute approximate surface area is 136 Å². The predicted octanol–water partition coefficient (Wildman–Crippen LogP) is 3.00. The van der Waals surface area contributed by atoms with E-state index in [4.69, 9.17) is 4.74 Å². The number of rotatable bonds is 0. The van der Waals surface area contributed by atoms with Crippen molar-refractivity contribution in [3.63, 3.8) is 0 Å².